The number of benzene rings is 1. The van der Waals surface area contributed by atoms with Crippen molar-refractivity contribution in [1.82, 2.24) is 14.8 Å². The summed E-state index contributed by atoms with van der Waals surface area (Å²) in [5.74, 6) is -0.316. The van der Waals surface area contributed by atoms with E-state index in [1.807, 2.05) is 6.92 Å². The number of rotatable bonds is 9. The van der Waals surface area contributed by atoms with Crippen molar-refractivity contribution in [2.24, 2.45) is 5.92 Å². The van der Waals surface area contributed by atoms with Crippen molar-refractivity contribution in [3.8, 4) is 5.75 Å². The Morgan fingerprint density at radius 2 is 1.86 bits per heavy atom. The van der Waals surface area contributed by atoms with Gasteiger partial charge in [-0.3, -0.25) is 19.5 Å². The lowest BCUT2D eigenvalue weighted by Crippen LogP contribution is -2.38. The van der Waals surface area contributed by atoms with E-state index in [1.165, 1.54) is 0 Å². The maximum atomic E-state index is 13.2. The summed E-state index contributed by atoms with van der Waals surface area (Å²) in [6, 6.07) is 8.22. The number of aliphatic hydroxyl groups excluding tert-OH is 1. The van der Waals surface area contributed by atoms with E-state index in [1.54, 1.807) is 47.6 Å². The first kappa shape index (κ1) is 25.9. The number of nitrogens with zero attached hydrogens (tertiary/aromatic N) is 3. The summed E-state index contributed by atoms with van der Waals surface area (Å²) in [5.41, 5.74) is 2.17. The molecule has 1 aromatic heterocycles. The lowest BCUT2D eigenvalue weighted by Gasteiger charge is -2.29. The number of morpholine rings is 1. The first-order valence-corrected chi connectivity index (χ1v) is 12.6. The number of aromatic nitrogens is 1. The van der Waals surface area contributed by atoms with Crippen LogP contribution in [-0.2, 0) is 14.3 Å². The van der Waals surface area contributed by atoms with E-state index in [4.69, 9.17) is 9.47 Å². The number of hydrogen-bond acceptors (Lipinski definition) is 7. The molecule has 3 heterocycles. The number of likely N-dealkylation sites (tertiary alicyclic amines) is 1. The Morgan fingerprint density at radius 3 is 2.53 bits per heavy atom. The number of carbonyl (C=O) groups excluding carboxylic acids is 2. The summed E-state index contributed by atoms with van der Waals surface area (Å²) < 4.78 is 11.3. The molecule has 0 spiro atoms. The van der Waals surface area contributed by atoms with Crippen molar-refractivity contribution in [1.29, 1.82) is 0 Å². The molecule has 2 aliphatic heterocycles. The second kappa shape index (κ2) is 11.7. The smallest absolute Gasteiger partial charge is 0.295 e. The van der Waals surface area contributed by atoms with Crippen LogP contribution in [0.2, 0.25) is 0 Å². The van der Waals surface area contributed by atoms with E-state index in [0.717, 1.165) is 42.9 Å². The van der Waals surface area contributed by atoms with E-state index >= 15 is 0 Å². The lowest BCUT2D eigenvalue weighted by molar-refractivity contribution is -0.140. The van der Waals surface area contributed by atoms with Gasteiger partial charge in [-0.1, -0.05) is 13.8 Å². The number of ether oxygens (including phenoxy) is 2. The standard InChI is InChI=1S/C28H35N3O5/c1-19(2)18-36-23-6-5-22(17-20(23)3)26(32)24-25(21-7-9-29-10-8-21)31(28(34)27(24)33)12-4-11-30-13-15-35-16-14-30/h5-10,17,19,25,32H,4,11-16,18H2,1-3H3/t25-/m1/s1. The average Bonchev–Trinajstić information content (AvgIpc) is 3.13. The Morgan fingerprint density at radius 1 is 1.14 bits per heavy atom. The van der Waals surface area contributed by atoms with Gasteiger partial charge in [0.1, 0.15) is 11.5 Å². The Kier molecular flexibility index (Phi) is 8.38. The van der Waals surface area contributed by atoms with Gasteiger partial charge in [0.2, 0.25) is 0 Å². The number of Topliss-reactive ketones (excluding diaryl/α,β-unsaturated/α-hetero) is 1. The van der Waals surface area contributed by atoms with Crippen LogP contribution in [0.25, 0.3) is 5.76 Å². The largest absolute Gasteiger partial charge is 0.507 e. The molecule has 2 aromatic rings. The van der Waals surface area contributed by atoms with E-state index in [-0.39, 0.29) is 11.3 Å². The highest BCUT2D eigenvalue weighted by Gasteiger charge is 2.45. The first-order chi connectivity index (χ1) is 17.4. The fourth-order valence-electron chi connectivity index (χ4n) is 4.66. The predicted octanol–water partition coefficient (Wildman–Crippen LogP) is 3.57. The van der Waals surface area contributed by atoms with Crippen molar-refractivity contribution in [2.75, 3.05) is 46.0 Å². The van der Waals surface area contributed by atoms with Crippen LogP contribution < -0.4 is 4.74 Å². The quantitative estimate of drug-likeness (QED) is 0.324. The van der Waals surface area contributed by atoms with Crippen molar-refractivity contribution in [3.63, 3.8) is 0 Å². The Balaban J connectivity index is 1.63. The number of carbonyl (C=O) groups is 2. The minimum Gasteiger partial charge on any atom is -0.507 e. The van der Waals surface area contributed by atoms with E-state index in [0.29, 0.717) is 37.8 Å². The van der Waals surface area contributed by atoms with Crippen LogP contribution >= 0.6 is 0 Å². The zero-order valence-corrected chi connectivity index (χ0v) is 21.3. The summed E-state index contributed by atoms with van der Waals surface area (Å²) in [7, 11) is 0. The fourth-order valence-corrected chi connectivity index (χ4v) is 4.66. The van der Waals surface area contributed by atoms with Gasteiger partial charge in [0.15, 0.2) is 0 Å². The van der Waals surface area contributed by atoms with Crippen molar-refractivity contribution >= 4 is 17.4 Å². The molecule has 36 heavy (non-hydrogen) atoms. The number of amides is 1. The van der Waals surface area contributed by atoms with E-state index in [9.17, 15) is 14.7 Å². The minimum atomic E-state index is -0.671. The molecular formula is C28H35N3O5. The molecule has 8 heteroatoms. The molecule has 8 nitrogen and oxygen atoms in total. The number of aryl methyl sites for hydroxylation is 1. The summed E-state index contributed by atoms with van der Waals surface area (Å²) in [6.45, 7) is 11.0. The molecular weight excluding hydrogens is 458 g/mol. The zero-order valence-electron chi connectivity index (χ0n) is 21.3. The van der Waals surface area contributed by atoms with Crippen molar-refractivity contribution in [3.05, 3.63) is 65.0 Å². The minimum absolute atomic E-state index is 0.104. The summed E-state index contributed by atoms with van der Waals surface area (Å²) in [6.07, 6.45) is 3.98. The van der Waals surface area contributed by atoms with Crippen LogP contribution in [-0.4, -0.2) is 77.6 Å². The highest BCUT2D eigenvalue weighted by atomic mass is 16.5. The summed E-state index contributed by atoms with van der Waals surface area (Å²) in [4.78, 5) is 34.3. The third kappa shape index (κ3) is 5.77. The molecule has 1 amide bonds. The molecule has 1 N–H and O–H groups in total. The van der Waals surface area contributed by atoms with Gasteiger partial charge < -0.3 is 19.5 Å². The monoisotopic (exact) mass is 493 g/mol. The SMILES string of the molecule is Cc1cc(C(O)=C2C(=O)C(=O)N(CCCN3CCOCC3)[C@@H]2c2ccncc2)ccc1OCC(C)C. The highest BCUT2D eigenvalue weighted by Crippen LogP contribution is 2.39. The van der Waals surface area contributed by atoms with E-state index < -0.39 is 17.7 Å². The van der Waals surface area contributed by atoms with Crippen LogP contribution in [0.1, 0.15) is 43.0 Å². The third-order valence-electron chi connectivity index (χ3n) is 6.56. The van der Waals surface area contributed by atoms with Crippen LogP contribution in [0.15, 0.2) is 48.3 Å². The predicted molar refractivity (Wildman–Crippen MR) is 137 cm³/mol. The third-order valence-corrected chi connectivity index (χ3v) is 6.56. The molecule has 4 rings (SSSR count). The van der Waals surface area contributed by atoms with Gasteiger partial charge in [-0.05, 0) is 60.7 Å². The van der Waals surface area contributed by atoms with Gasteiger partial charge in [-0.15, -0.1) is 0 Å². The Bertz CT molecular complexity index is 1110. The lowest BCUT2D eigenvalue weighted by atomic mass is 9.95. The van der Waals surface area contributed by atoms with Crippen molar-refractivity contribution in [2.45, 2.75) is 33.2 Å². The van der Waals surface area contributed by atoms with Crippen molar-refractivity contribution < 1.29 is 24.2 Å². The molecule has 2 aliphatic rings. The maximum absolute atomic E-state index is 13.2. The van der Waals surface area contributed by atoms with Crippen LogP contribution in [0.3, 0.4) is 0 Å². The molecule has 2 saturated heterocycles. The molecule has 0 radical (unpaired) electrons. The number of aliphatic hydroxyl groups is 1. The van der Waals surface area contributed by atoms with Crippen LogP contribution in [0.4, 0.5) is 0 Å². The molecule has 1 aromatic carbocycles. The molecule has 0 aliphatic carbocycles. The maximum Gasteiger partial charge on any atom is 0.295 e. The molecule has 1 atom stereocenters. The molecule has 2 fully saturated rings. The molecule has 0 bridgehead atoms. The normalized spacial score (nSPS) is 20.3. The van der Waals surface area contributed by atoms with Gasteiger partial charge >= 0.3 is 0 Å². The van der Waals surface area contributed by atoms with Gasteiger partial charge in [-0.2, -0.15) is 0 Å². The zero-order chi connectivity index (χ0) is 25.7. The van der Waals surface area contributed by atoms with Crippen LogP contribution in [0.5, 0.6) is 5.75 Å². The van der Waals surface area contributed by atoms with Gasteiger partial charge in [0, 0.05) is 44.1 Å². The number of pyridine rings is 1. The molecule has 0 saturated carbocycles. The molecule has 192 valence electrons. The highest BCUT2D eigenvalue weighted by molar-refractivity contribution is 6.46. The average molecular weight is 494 g/mol. The topological polar surface area (TPSA) is 92.2 Å². The Hall–Kier alpha value is -3.23. The van der Waals surface area contributed by atoms with Gasteiger partial charge in [-0.25, -0.2) is 0 Å². The van der Waals surface area contributed by atoms with Gasteiger partial charge in [0.25, 0.3) is 11.7 Å². The van der Waals surface area contributed by atoms with Gasteiger partial charge in [0.05, 0.1) is 31.4 Å². The number of ketones is 1. The second-order valence-electron chi connectivity index (χ2n) is 9.77. The molecule has 0 unspecified atom stereocenters. The summed E-state index contributed by atoms with van der Waals surface area (Å²) in [5, 5.41) is 11.3. The summed E-state index contributed by atoms with van der Waals surface area (Å²) >= 11 is 0. The first-order valence-electron chi connectivity index (χ1n) is 12.6. The van der Waals surface area contributed by atoms with E-state index in [2.05, 4.69) is 23.7 Å². The fraction of sp³-hybridized carbons (Fsp3) is 0.464. The van der Waals surface area contributed by atoms with Crippen LogP contribution in [0, 0.1) is 12.8 Å². The Labute approximate surface area is 212 Å². The number of hydrogen-bond donors (Lipinski definition) is 1. The second-order valence-corrected chi connectivity index (χ2v) is 9.77.